The highest BCUT2D eigenvalue weighted by molar-refractivity contribution is 5.95. The fraction of sp³-hybridized carbons (Fsp3) is 0.458. The molecule has 2 aromatic rings. The second-order valence-electron chi connectivity index (χ2n) is 8.12. The number of benzene rings is 2. The van der Waals surface area contributed by atoms with Gasteiger partial charge in [-0.15, -0.1) is 0 Å². The van der Waals surface area contributed by atoms with E-state index in [2.05, 4.69) is 9.80 Å². The summed E-state index contributed by atoms with van der Waals surface area (Å²) >= 11 is 0. The Kier molecular flexibility index (Phi) is 6.61. The molecule has 2 heterocycles. The van der Waals surface area contributed by atoms with Crippen molar-refractivity contribution in [2.45, 2.75) is 18.9 Å². The average molecular weight is 428 g/mol. The number of piperidine rings is 1. The van der Waals surface area contributed by atoms with Crippen molar-refractivity contribution in [2.75, 3.05) is 58.4 Å². The van der Waals surface area contributed by atoms with Gasteiger partial charge in [0.05, 0.1) is 14.2 Å². The first kappa shape index (κ1) is 21.4. The highest BCUT2D eigenvalue weighted by atomic mass is 19.1. The van der Waals surface area contributed by atoms with E-state index in [1.165, 1.54) is 12.1 Å². The van der Waals surface area contributed by atoms with E-state index in [1.54, 1.807) is 32.4 Å². The van der Waals surface area contributed by atoms with E-state index in [1.807, 2.05) is 17.0 Å². The summed E-state index contributed by atoms with van der Waals surface area (Å²) in [5.41, 5.74) is 1.69. The van der Waals surface area contributed by atoms with Crippen molar-refractivity contribution in [1.82, 2.24) is 9.80 Å². The zero-order chi connectivity index (χ0) is 21.8. The minimum absolute atomic E-state index is 0.0376. The SMILES string of the molecule is COc1ccc(C(=O)N2CCC[C@H](N3CCN(c4ccc(F)cc4)CC3)C2)cc1OC. The van der Waals surface area contributed by atoms with Crippen LogP contribution >= 0.6 is 0 Å². The molecule has 1 atom stereocenters. The van der Waals surface area contributed by atoms with Gasteiger partial charge in [0.2, 0.25) is 0 Å². The molecule has 0 N–H and O–H groups in total. The predicted octanol–water partition coefficient (Wildman–Crippen LogP) is 3.27. The van der Waals surface area contributed by atoms with Crippen LogP contribution in [0.2, 0.25) is 0 Å². The summed E-state index contributed by atoms with van der Waals surface area (Å²) in [6.07, 6.45) is 2.11. The number of halogens is 1. The molecule has 0 aliphatic carbocycles. The molecule has 6 nitrogen and oxygen atoms in total. The van der Waals surface area contributed by atoms with E-state index in [9.17, 15) is 9.18 Å². The fourth-order valence-electron chi connectivity index (χ4n) is 4.59. The van der Waals surface area contributed by atoms with E-state index in [0.717, 1.165) is 57.8 Å². The van der Waals surface area contributed by atoms with Gasteiger partial charge in [-0.1, -0.05) is 0 Å². The molecule has 4 rings (SSSR count). The van der Waals surface area contributed by atoms with Crippen molar-refractivity contribution in [3.05, 3.63) is 53.8 Å². The van der Waals surface area contributed by atoms with Gasteiger partial charge in [0.1, 0.15) is 5.82 Å². The van der Waals surface area contributed by atoms with E-state index >= 15 is 0 Å². The van der Waals surface area contributed by atoms with Crippen LogP contribution in [-0.4, -0.2) is 75.2 Å². The van der Waals surface area contributed by atoms with Gasteiger partial charge in [-0.2, -0.15) is 0 Å². The van der Waals surface area contributed by atoms with Crippen molar-refractivity contribution in [2.24, 2.45) is 0 Å². The van der Waals surface area contributed by atoms with Gasteiger partial charge in [-0.3, -0.25) is 9.69 Å². The number of anilines is 1. The number of ether oxygens (including phenoxy) is 2. The fourth-order valence-corrected chi connectivity index (χ4v) is 4.59. The van der Waals surface area contributed by atoms with Crippen molar-refractivity contribution >= 4 is 11.6 Å². The Bertz CT molecular complexity index is 897. The first-order chi connectivity index (χ1) is 15.1. The molecule has 0 saturated carbocycles. The molecular formula is C24H30FN3O3. The summed E-state index contributed by atoms with van der Waals surface area (Å²) in [6.45, 7) is 5.22. The zero-order valence-corrected chi connectivity index (χ0v) is 18.2. The standard InChI is InChI=1S/C24H30FN3O3/c1-30-22-10-5-18(16-23(22)31-2)24(29)28-11-3-4-21(17-28)27-14-12-26(13-15-27)20-8-6-19(25)7-9-20/h5-10,16,21H,3-4,11-15,17H2,1-2H3/t21-/m0/s1. The maximum Gasteiger partial charge on any atom is 0.254 e. The van der Waals surface area contributed by atoms with Crippen molar-refractivity contribution in [3.63, 3.8) is 0 Å². The van der Waals surface area contributed by atoms with Crippen LogP contribution in [0.25, 0.3) is 0 Å². The zero-order valence-electron chi connectivity index (χ0n) is 18.2. The first-order valence-electron chi connectivity index (χ1n) is 10.8. The van der Waals surface area contributed by atoms with Crippen molar-refractivity contribution in [3.8, 4) is 11.5 Å². The largest absolute Gasteiger partial charge is 0.493 e. The number of carbonyl (C=O) groups excluding carboxylic acids is 1. The molecule has 2 saturated heterocycles. The lowest BCUT2D eigenvalue weighted by Crippen LogP contribution is -2.55. The molecule has 0 spiro atoms. The summed E-state index contributed by atoms with van der Waals surface area (Å²) in [6, 6.07) is 12.4. The molecule has 166 valence electrons. The number of methoxy groups -OCH3 is 2. The lowest BCUT2D eigenvalue weighted by Gasteiger charge is -2.44. The van der Waals surface area contributed by atoms with E-state index in [-0.39, 0.29) is 11.7 Å². The maximum atomic E-state index is 13.2. The molecule has 0 unspecified atom stereocenters. The molecule has 2 aliphatic rings. The summed E-state index contributed by atoms with van der Waals surface area (Å²) in [5.74, 6) is 1.02. The molecule has 2 aliphatic heterocycles. The third-order valence-corrected chi connectivity index (χ3v) is 6.34. The third-order valence-electron chi connectivity index (χ3n) is 6.34. The van der Waals surface area contributed by atoms with Gasteiger partial charge < -0.3 is 19.3 Å². The van der Waals surface area contributed by atoms with Gasteiger partial charge in [0, 0.05) is 56.6 Å². The molecule has 2 aromatic carbocycles. The van der Waals surface area contributed by atoms with Crippen LogP contribution < -0.4 is 14.4 Å². The number of hydrogen-bond donors (Lipinski definition) is 0. The smallest absolute Gasteiger partial charge is 0.254 e. The summed E-state index contributed by atoms with van der Waals surface area (Å²) in [7, 11) is 3.17. The number of carbonyl (C=O) groups is 1. The minimum atomic E-state index is -0.205. The Morgan fingerprint density at radius 2 is 1.65 bits per heavy atom. The molecule has 1 amide bonds. The number of nitrogens with zero attached hydrogens (tertiary/aromatic N) is 3. The van der Waals surface area contributed by atoms with Crippen LogP contribution in [-0.2, 0) is 0 Å². The second-order valence-corrected chi connectivity index (χ2v) is 8.12. The number of amides is 1. The van der Waals surface area contributed by atoms with Gasteiger partial charge in [0.25, 0.3) is 5.91 Å². The summed E-state index contributed by atoms with van der Waals surface area (Å²) in [4.78, 5) is 19.9. The monoisotopic (exact) mass is 427 g/mol. The number of rotatable bonds is 5. The first-order valence-corrected chi connectivity index (χ1v) is 10.8. The minimum Gasteiger partial charge on any atom is -0.493 e. The van der Waals surface area contributed by atoms with Crippen LogP contribution in [0.5, 0.6) is 11.5 Å². The van der Waals surface area contributed by atoms with Crippen LogP contribution in [0.4, 0.5) is 10.1 Å². The topological polar surface area (TPSA) is 45.2 Å². The Labute approximate surface area is 183 Å². The Morgan fingerprint density at radius 3 is 2.32 bits per heavy atom. The number of hydrogen-bond acceptors (Lipinski definition) is 5. The van der Waals surface area contributed by atoms with E-state index in [4.69, 9.17) is 9.47 Å². The van der Waals surface area contributed by atoms with Gasteiger partial charge >= 0.3 is 0 Å². The van der Waals surface area contributed by atoms with Crippen LogP contribution in [0.3, 0.4) is 0 Å². The average Bonchev–Trinajstić information content (AvgIpc) is 2.84. The molecule has 0 radical (unpaired) electrons. The second kappa shape index (κ2) is 9.56. The lowest BCUT2D eigenvalue weighted by atomic mass is 10.0. The van der Waals surface area contributed by atoms with Crippen LogP contribution in [0.1, 0.15) is 23.2 Å². The van der Waals surface area contributed by atoms with E-state index in [0.29, 0.717) is 23.1 Å². The molecule has 31 heavy (non-hydrogen) atoms. The molecule has 7 heteroatoms. The normalized spacial score (nSPS) is 19.9. The van der Waals surface area contributed by atoms with Gasteiger partial charge in [0.15, 0.2) is 11.5 Å². The van der Waals surface area contributed by atoms with Crippen molar-refractivity contribution < 1.29 is 18.7 Å². The highest BCUT2D eigenvalue weighted by Gasteiger charge is 2.30. The van der Waals surface area contributed by atoms with E-state index < -0.39 is 0 Å². The Morgan fingerprint density at radius 1 is 0.935 bits per heavy atom. The third kappa shape index (κ3) is 4.77. The summed E-state index contributed by atoms with van der Waals surface area (Å²) < 4.78 is 23.8. The molecule has 0 aromatic heterocycles. The maximum absolute atomic E-state index is 13.2. The quantitative estimate of drug-likeness (QED) is 0.733. The van der Waals surface area contributed by atoms with Gasteiger partial charge in [-0.25, -0.2) is 4.39 Å². The molecule has 0 bridgehead atoms. The molecular weight excluding hydrogens is 397 g/mol. The lowest BCUT2D eigenvalue weighted by molar-refractivity contribution is 0.0563. The Balaban J connectivity index is 1.36. The number of likely N-dealkylation sites (tertiary alicyclic amines) is 1. The predicted molar refractivity (Wildman–Crippen MR) is 119 cm³/mol. The van der Waals surface area contributed by atoms with Crippen LogP contribution in [0, 0.1) is 5.82 Å². The highest BCUT2D eigenvalue weighted by Crippen LogP contribution is 2.29. The number of piperazine rings is 1. The van der Waals surface area contributed by atoms with Crippen LogP contribution in [0.15, 0.2) is 42.5 Å². The molecule has 2 fully saturated rings. The Hall–Kier alpha value is -2.80. The summed E-state index contributed by atoms with van der Waals surface area (Å²) in [5, 5.41) is 0. The van der Waals surface area contributed by atoms with Crippen molar-refractivity contribution in [1.29, 1.82) is 0 Å². The van der Waals surface area contributed by atoms with Gasteiger partial charge in [-0.05, 0) is 55.3 Å².